The number of ether oxygens (including phenoxy) is 1. The Balaban J connectivity index is 2.00. The summed E-state index contributed by atoms with van der Waals surface area (Å²) in [5, 5.41) is 0.744. The summed E-state index contributed by atoms with van der Waals surface area (Å²) in [6.07, 6.45) is 0. The summed E-state index contributed by atoms with van der Waals surface area (Å²) >= 11 is 1.58. The van der Waals surface area contributed by atoms with Crippen molar-refractivity contribution in [2.45, 2.75) is 27.7 Å². The van der Waals surface area contributed by atoms with Gasteiger partial charge in [0.25, 0.3) is 5.91 Å². The predicted octanol–water partition coefficient (Wildman–Crippen LogP) is 4.91. The monoisotopic (exact) mass is 411 g/mol. The zero-order valence-electron chi connectivity index (χ0n) is 17.9. The quantitative estimate of drug-likeness (QED) is 0.528. The molecule has 0 bridgehead atoms. The maximum Gasteiger partial charge on any atom is 0.260 e. The van der Waals surface area contributed by atoms with Crippen LogP contribution in [0.1, 0.15) is 35.3 Å². The standard InChI is InChI=1S/C23H29N3O2S/c1-6-25(7-2)11-12-26(22(27)18-9-8-10-19(15-18)28-5)23-24-21-17(4)13-16(3)14-20(21)29-23/h8-10,13-15H,6-7,11-12H2,1-5H3. The molecule has 5 nitrogen and oxygen atoms in total. The van der Waals surface area contributed by atoms with Crippen LogP contribution in [0.4, 0.5) is 5.13 Å². The van der Waals surface area contributed by atoms with Crippen LogP contribution in [-0.4, -0.2) is 49.1 Å². The third-order valence-electron chi connectivity index (χ3n) is 5.15. The summed E-state index contributed by atoms with van der Waals surface area (Å²) in [6, 6.07) is 11.6. The molecule has 0 spiro atoms. The summed E-state index contributed by atoms with van der Waals surface area (Å²) in [7, 11) is 1.61. The number of hydrogen-bond donors (Lipinski definition) is 0. The van der Waals surface area contributed by atoms with Gasteiger partial charge < -0.3 is 9.64 Å². The molecule has 154 valence electrons. The lowest BCUT2D eigenvalue weighted by atomic mass is 10.1. The molecule has 0 saturated carbocycles. The van der Waals surface area contributed by atoms with Gasteiger partial charge in [-0.1, -0.05) is 37.3 Å². The average molecular weight is 412 g/mol. The van der Waals surface area contributed by atoms with Crippen molar-refractivity contribution >= 4 is 32.6 Å². The number of nitrogens with zero attached hydrogens (tertiary/aromatic N) is 3. The summed E-state index contributed by atoms with van der Waals surface area (Å²) in [6.45, 7) is 11.7. The van der Waals surface area contributed by atoms with Crippen LogP contribution in [0.3, 0.4) is 0 Å². The molecule has 0 aliphatic rings. The van der Waals surface area contributed by atoms with E-state index in [9.17, 15) is 4.79 Å². The number of anilines is 1. The lowest BCUT2D eigenvalue weighted by molar-refractivity contribution is 0.0983. The zero-order chi connectivity index (χ0) is 21.0. The highest BCUT2D eigenvalue weighted by Crippen LogP contribution is 2.32. The van der Waals surface area contributed by atoms with Crippen molar-refractivity contribution in [3.05, 3.63) is 53.1 Å². The number of benzene rings is 2. The summed E-state index contributed by atoms with van der Waals surface area (Å²) < 4.78 is 6.42. The first-order chi connectivity index (χ1) is 14.0. The highest BCUT2D eigenvalue weighted by Gasteiger charge is 2.22. The van der Waals surface area contributed by atoms with Gasteiger partial charge in [0.1, 0.15) is 5.75 Å². The molecule has 29 heavy (non-hydrogen) atoms. The molecule has 0 N–H and O–H groups in total. The number of thiazole rings is 1. The number of carbonyl (C=O) groups excluding carboxylic acids is 1. The minimum Gasteiger partial charge on any atom is -0.497 e. The molecule has 1 amide bonds. The van der Waals surface area contributed by atoms with Gasteiger partial charge in [-0.3, -0.25) is 9.69 Å². The molecule has 6 heteroatoms. The van der Waals surface area contributed by atoms with Crippen LogP contribution in [0, 0.1) is 13.8 Å². The molecule has 0 radical (unpaired) electrons. The molecular weight excluding hydrogens is 382 g/mol. The fourth-order valence-electron chi connectivity index (χ4n) is 3.45. The molecule has 3 aromatic rings. The number of aryl methyl sites for hydroxylation is 2. The molecule has 1 heterocycles. The predicted molar refractivity (Wildman–Crippen MR) is 122 cm³/mol. The maximum absolute atomic E-state index is 13.4. The van der Waals surface area contributed by atoms with Gasteiger partial charge in [0.05, 0.1) is 17.3 Å². The Morgan fingerprint density at radius 2 is 1.86 bits per heavy atom. The summed E-state index contributed by atoms with van der Waals surface area (Å²) in [4.78, 5) is 22.4. The second-order valence-corrected chi connectivity index (χ2v) is 8.15. The van der Waals surface area contributed by atoms with Crippen LogP contribution in [0.5, 0.6) is 5.75 Å². The number of amides is 1. The van der Waals surface area contributed by atoms with Crippen molar-refractivity contribution in [1.82, 2.24) is 9.88 Å². The van der Waals surface area contributed by atoms with E-state index in [0.717, 1.165) is 40.5 Å². The molecule has 0 atom stereocenters. The summed E-state index contributed by atoms with van der Waals surface area (Å²) in [5.41, 5.74) is 3.93. The van der Waals surface area contributed by atoms with Crippen molar-refractivity contribution < 1.29 is 9.53 Å². The Kier molecular flexibility index (Phi) is 6.87. The van der Waals surface area contributed by atoms with E-state index >= 15 is 0 Å². The van der Waals surface area contributed by atoms with Crippen molar-refractivity contribution in [2.24, 2.45) is 0 Å². The van der Waals surface area contributed by atoms with Crippen molar-refractivity contribution in [2.75, 3.05) is 38.2 Å². The number of hydrogen-bond acceptors (Lipinski definition) is 5. The third kappa shape index (κ3) is 4.77. The fraction of sp³-hybridized carbons (Fsp3) is 0.391. The number of methoxy groups -OCH3 is 1. The van der Waals surface area contributed by atoms with E-state index in [2.05, 4.69) is 44.7 Å². The molecule has 0 unspecified atom stereocenters. The van der Waals surface area contributed by atoms with E-state index < -0.39 is 0 Å². The third-order valence-corrected chi connectivity index (χ3v) is 6.17. The number of aromatic nitrogens is 1. The fourth-order valence-corrected chi connectivity index (χ4v) is 4.62. The molecular formula is C23H29N3O2S. The van der Waals surface area contributed by atoms with Crippen molar-refractivity contribution in [3.8, 4) is 5.75 Å². The van der Waals surface area contributed by atoms with Crippen LogP contribution in [0.25, 0.3) is 10.2 Å². The normalized spacial score (nSPS) is 11.2. The van der Waals surface area contributed by atoms with E-state index in [1.54, 1.807) is 24.5 Å². The van der Waals surface area contributed by atoms with Gasteiger partial charge in [0.15, 0.2) is 5.13 Å². The second kappa shape index (κ2) is 9.37. The lowest BCUT2D eigenvalue weighted by Gasteiger charge is -2.24. The van der Waals surface area contributed by atoms with Gasteiger partial charge in [0, 0.05) is 18.7 Å². The lowest BCUT2D eigenvalue weighted by Crippen LogP contribution is -2.38. The van der Waals surface area contributed by atoms with Gasteiger partial charge in [-0.15, -0.1) is 0 Å². The second-order valence-electron chi connectivity index (χ2n) is 7.14. The molecule has 0 aliphatic carbocycles. The van der Waals surface area contributed by atoms with Gasteiger partial charge in [-0.05, 0) is 62.3 Å². The molecule has 1 aromatic heterocycles. The molecule has 3 rings (SSSR count). The minimum absolute atomic E-state index is 0.0514. The molecule has 0 aliphatic heterocycles. The molecule has 2 aromatic carbocycles. The number of rotatable bonds is 8. The number of likely N-dealkylation sites (N-methyl/N-ethyl adjacent to an activating group) is 1. The van der Waals surface area contributed by atoms with Crippen LogP contribution < -0.4 is 9.64 Å². The van der Waals surface area contributed by atoms with Crippen LogP contribution in [-0.2, 0) is 0 Å². The van der Waals surface area contributed by atoms with Crippen LogP contribution in [0.15, 0.2) is 36.4 Å². The number of fused-ring (bicyclic) bond motifs is 1. The highest BCUT2D eigenvalue weighted by molar-refractivity contribution is 7.22. The van der Waals surface area contributed by atoms with Crippen molar-refractivity contribution in [1.29, 1.82) is 0 Å². The first-order valence-electron chi connectivity index (χ1n) is 10.0. The van der Waals surface area contributed by atoms with Crippen LogP contribution in [0.2, 0.25) is 0 Å². The molecule has 0 fully saturated rings. The first-order valence-corrected chi connectivity index (χ1v) is 10.8. The Morgan fingerprint density at radius 3 is 2.55 bits per heavy atom. The molecule has 0 saturated heterocycles. The van der Waals surface area contributed by atoms with E-state index in [1.807, 2.05) is 23.1 Å². The average Bonchev–Trinajstić information content (AvgIpc) is 3.15. The van der Waals surface area contributed by atoms with Crippen LogP contribution >= 0.6 is 11.3 Å². The Morgan fingerprint density at radius 1 is 1.10 bits per heavy atom. The van der Waals surface area contributed by atoms with E-state index in [4.69, 9.17) is 9.72 Å². The minimum atomic E-state index is -0.0514. The van der Waals surface area contributed by atoms with Gasteiger partial charge in [-0.2, -0.15) is 0 Å². The van der Waals surface area contributed by atoms with Crippen molar-refractivity contribution in [3.63, 3.8) is 0 Å². The zero-order valence-corrected chi connectivity index (χ0v) is 18.7. The SMILES string of the molecule is CCN(CC)CCN(C(=O)c1cccc(OC)c1)c1nc2c(C)cc(C)cc2s1. The van der Waals surface area contributed by atoms with Gasteiger partial charge in [0.2, 0.25) is 0 Å². The van der Waals surface area contributed by atoms with E-state index in [-0.39, 0.29) is 5.91 Å². The maximum atomic E-state index is 13.4. The first kappa shape index (κ1) is 21.3. The largest absolute Gasteiger partial charge is 0.497 e. The number of carbonyl (C=O) groups is 1. The van der Waals surface area contributed by atoms with Gasteiger partial charge >= 0.3 is 0 Å². The van der Waals surface area contributed by atoms with E-state index in [0.29, 0.717) is 17.9 Å². The smallest absolute Gasteiger partial charge is 0.260 e. The highest BCUT2D eigenvalue weighted by atomic mass is 32.1. The van der Waals surface area contributed by atoms with E-state index in [1.165, 1.54) is 5.56 Å². The Hall–Kier alpha value is -2.44. The topological polar surface area (TPSA) is 45.7 Å². The Bertz CT molecular complexity index is 995. The summed E-state index contributed by atoms with van der Waals surface area (Å²) in [5.74, 6) is 0.625. The Labute approximate surface area is 176 Å². The van der Waals surface area contributed by atoms with Gasteiger partial charge in [-0.25, -0.2) is 4.98 Å².